The molecule has 2 aliphatic heterocycles. The van der Waals surface area contributed by atoms with Crippen LogP contribution in [0.4, 0.5) is 0 Å². The molecule has 23 heavy (non-hydrogen) atoms. The fourth-order valence-corrected chi connectivity index (χ4v) is 3.33. The van der Waals surface area contributed by atoms with Crippen molar-refractivity contribution in [3.63, 3.8) is 0 Å². The Hall–Kier alpha value is -1.43. The Labute approximate surface area is 138 Å². The van der Waals surface area contributed by atoms with Gasteiger partial charge in [0, 0.05) is 39.3 Å². The molecule has 2 saturated heterocycles. The SMILES string of the molecule is C[C@H]1OCCN[C@@H]1C(=O)N1CCN(CCc2ccccc2)CC1. The molecule has 5 heteroatoms. The van der Waals surface area contributed by atoms with Crippen LogP contribution in [0.5, 0.6) is 0 Å². The maximum absolute atomic E-state index is 12.6. The lowest BCUT2D eigenvalue weighted by Crippen LogP contribution is -2.59. The lowest BCUT2D eigenvalue weighted by molar-refractivity contribution is -0.141. The first-order valence-electron chi connectivity index (χ1n) is 8.64. The number of morpholine rings is 1. The molecule has 1 amide bonds. The van der Waals surface area contributed by atoms with Crippen molar-refractivity contribution in [1.82, 2.24) is 15.1 Å². The molecule has 126 valence electrons. The van der Waals surface area contributed by atoms with Crippen molar-refractivity contribution in [2.24, 2.45) is 0 Å². The second kappa shape index (κ2) is 7.90. The molecule has 0 bridgehead atoms. The third-order valence-corrected chi connectivity index (χ3v) is 4.83. The maximum atomic E-state index is 12.6. The number of rotatable bonds is 4. The highest BCUT2D eigenvalue weighted by Crippen LogP contribution is 2.11. The van der Waals surface area contributed by atoms with E-state index in [0.717, 1.165) is 45.7 Å². The Bertz CT molecular complexity index is 500. The van der Waals surface area contributed by atoms with Gasteiger partial charge in [-0.3, -0.25) is 9.69 Å². The van der Waals surface area contributed by atoms with E-state index < -0.39 is 0 Å². The van der Waals surface area contributed by atoms with Gasteiger partial charge in [-0.1, -0.05) is 30.3 Å². The molecule has 0 radical (unpaired) electrons. The quantitative estimate of drug-likeness (QED) is 0.890. The van der Waals surface area contributed by atoms with E-state index in [1.165, 1.54) is 5.56 Å². The van der Waals surface area contributed by atoms with Crippen LogP contribution in [0.1, 0.15) is 12.5 Å². The first-order chi connectivity index (χ1) is 11.2. The number of amides is 1. The summed E-state index contributed by atoms with van der Waals surface area (Å²) in [6.45, 7) is 8.05. The molecule has 2 heterocycles. The van der Waals surface area contributed by atoms with Crippen LogP contribution in [0, 0.1) is 0 Å². The Morgan fingerprint density at radius 2 is 1.96 bits per heavy atom. The van der Waals surface area contributed by atoms with E-state index in [1.54, 1.807) is 0 Å². The van der Waals surface area contributed by atoms with Crippen molar-refractivity contribution < 1.29 is 9.53 Å². The number of hydrogen-bond acceptors (Lipinski definition) is 4. The Balaban J connectivity index is 1.43. The van der Waals surface area contributed by atoms with Gasteiger partial charge in [-0.15, -0.1) is 0 Å². The molecule has 1 aromatic carbocycles. The van der Waals surface area contributed by atoms with Crippen molar-refractivity contribution in [2.45, 2.75) is 25.5 Å². The van der Waals surface area contributed by atoms with Gasteiger partial charge in [0.15, 0.2) is 0 Å². The maximum Gasteiger partial charge on any atom is 0.242 e. The van der Waals surface area contributed by atoms with Crippen LogP contribution in [-0.2, 0) is 16.0 Å². The Morgan fingerprint density at radius 3 is 2.65 bits per heavy atom. The third kappa shape index (κ3) is 4.31. The van der Waals surface area contributed by atoms with E-state index in [2.05, 4.69) is 40.5 Å². The fraction of sp³-hybridized carbons (Fsp3) is 0.611. The van der Waals surface area contributed by atoms with Gasteiger partial charge in [0.05, 0.1) is 12.7 Å². The molecule has 0 spiro atoms. The second-order valence-electron chi connectivity index (χ2n) is 6.41. The molecule has 2 fully saturated rings. The summed E-state index contributed by atoms with van der Waals surface area (Å²) in [6.07, 6.45) is 1.04. The van der Waals surface area contributed by atoms with Crippen molar-refractivity contribution >= 4 is 5.91 Å². The Kier molecular flexibility index (Phi) is 5.65. The number of nitrogens with zero attached hydrogens (tertiary/aromatic N) is 2. The fourth-order valence-electron chi connectivity index (χ4n) is 3.33. The summed E-state index contributed by atoms with van der Waals surface area (Å²) >= 11 is 0. The monoisotopic (exact) mass is 317 g/mol. The van der Waals surface area contributed by atoms with Crippen LogP contribution in [-0.4, -0.2) is 73.7 Å². The Morgan fingerprint density at radius 1 is 1.22 bits per heavy atom. The number of benzene rings is 1. The number of nitrogens with one attached hydrogen (secondary N) is 1. The van der Waals surface area contributed by atoms with Gasteiger partial charge in [-0.05, 0) is 18.9 Å². The molecule has 2 atom stereocenters. The lowest BCUT2D eigenvalue weighted by Gasteiger charge is -2.38. The molecule has 0 unspecified atom stereocenters. The highest BCUT2D eigenvalue weighted by atomic mass is 16.5. The minimum atomic E-state index is -0.181. The largest absolute Gasteiger partial charge is 0.375 e. The summed E-state index contributed by atoms with van der Waals surface area (Å²) in [6, 6.07) is 10.4. The first-order valence-corrected chi connectivity index (χ1v) is 8.64. The topological polar surface area (TPSA) is 44.8 Å². The molecule has 2 aliphatic rings. The molecular weight excluding hydrogens is 290 g/mol. The predicted molar refractivity (Wildman–Crippen MR) is 90.4 cm³/mol. The predicted octanol–water partition coefficient (Wildman–Crippen LogP) is 0.750. The van der Waals surface area contributed by atoms with E-state index in [1.807, 2.05) is 11.8 Å². The van der Waals surface area contributed by atoms with Gasteiger partial charge in [0.25, 0.3) is 0 Å². The number of ether oxygens (including phenoxy) is 1. The summed E-state index contributed by atoms with van der Waals surface area (Å²) in [5.41, 5.74) is 1.38. The molecule has 0 aromatic heterocycles. The second-order valence-corrected chi connectivity index (χ2v) is 6.41. The van der Waals surface area contributed by atoms with Crippen LogP contribution in [0.15, 0.2) is 30.3 Å². The first kappa shape index (κ1) is 16.4. The summed E-state index contributed by atoms with van der Waals surface area (Å²) < 4.78 is 5.59. The summed E-state index contributed by atoms with van der Waals surface area (Å²) in [4.78, 5) is 17.1. The van der Waals surface area contributed by atoms with Crippen LogP contribution in [0.2, 0.25) is 0 Å². The van der Waals surface area contributed by atoms with Gasteiger partial charge in [-0.2, -0.15) is 0 Å². The van der Waals surface area contributed by atoms with Gasteiger partial charge in [0.1, 0.15) is 6.04 Å². The van der Waals surface area contributed by atoms with Crippen LogP contribution < -0.4 is 5.32 Å². The number of carbonyl (C=O) groups is 1. The summed E-state index contributed by atoms with van der Waals surface area (Å²) in [5.74, 6) is 0.194. The molecular formula is C18H27N3O2. The van der Waals surface area contributed by atoms with E-state index >= 15 is 0 Å². The van der Waals surface area contributed by atoms with Gasteiger partial charge < -0.3 is 15.0 Å². The van der Waals surface area contributed by atoms with E-state index in [0.29, 0.717) is 6.61 Å². The van der Waals surface area contributed by atoms with Gasteiger partial charge in [-0.25, -0.2) is 0 Å². The third-order valence-electron chi connectivity index (χ3n) is 4.83. The highest BCUT2D eigenvalue weighted by Gasteiger charge is 2.33. The summed E-state index contributed by atoms with van der Waals surface area (Å²) in [7, 11) is 0. The average Bonchev–Trinajstić information content (AvgIpc) is 2.61. The zero-order valence-electron chi connectivity index (χ0n) is 13.9. The van der Waals surface area contributed by atoms with Gasteiger partial charge >= 0.3 is 0 Å². The summed E-state index contributed by atoms with van der Waals surface area (Å²) in [5, 5.41) is 3.29. The zero-order valence-corrected chi connectivity index (χ0v) is 13.9. The van der Waals surface area contributed by atoms with Crippen LogP contribution in [0.25, 0.3) is 0 Å². The van der Waals surface area contributed by atoms with E-state index in [-0.39, 0.29) is 18.1 Å². The minimum absolute atomic E-state index is 0.0349. The van der Waals surface area contributed by atoms with Crippen molar-refractivity contribution in [1.29, 1.82) is 0 Å². The zero-order chi connectivity index (χ0) is 16.1. The van der Waals surface area contributed by atoms with Gasteiger partial charge in [0.2, 0.25) is 5.91 Å². The molecule has 0 saturated carbocycles. The van der Waals surface area contributed by atoms with Crippen molar-refractivity contribution in [3.05, 3.63) is 35.9 Å². The normalized spacial score (nSPS) is 26.2. The van der Waals surface area contributed by atoms with E-state index in [4.69, 9.17) is 4.74 Å². The van der Waals surface area contributed by atoms with Crippen molar-refractivity contribution in [2.75, 3.05) is 45.9 Å². The number of hydrogen-bond donors (Lipinski definition) is 1. The molecule has 3 rings (SSSR count). The lowest BCUT2D eigenvalue weighted by atomic mass is 10.1. The number of carbonyl (C=O) groups excluding carboxylic acids is 1. The standard InChI is InChI=1S/C18H27N3O2/c1-15-17(19-8-14-23-15)18(22)21-12-10-20(11-13-21)9-7-16-5-3-2-4-6-16/h2-6,15,17,19H,7-14H2,1H3/t15-,17+/m1/s1. The average molecular weight is 317 g/mol. The molecule has 0 aliphatic carbocycles. The smallest absolute Gasteiger partial charge is 0.242 e. The van der Waals surface area contributed by atoms with Crippen molar-refractivity contribution in [3.8, 4) is 0 Å². The van der Waals surface area contributed by atoms with Crippen LogP contribution >= 0.6 is 0 Å². The highest BCUT2D eigenvalue weighted by molar-refractivity contribution is 5.82. The van der Waals surface area contributed by atoms with E-state index in [9.17, 15) is 4.79 Å². The van der Waals surface area contributed by atoms with Crippen LogP contribution in [0.3, 0.4) is 0 Å². The number of piperazine rings is 1. The minimum Gasteiger partial charge on any atom is -0.375 e. The molecule has 5 nitrogen and oxygen atoms in total. The molecule has 1 aromatic rings. The molecule has 1 N–H and O–H groups in total.